The van der Waals surface area contributed by atoms with E-state index in [4.69, 9.17) is 11.6 Å². The van der Waals surface area contributed by atoms with Crippen LogP contribution in [0.5, 0.6) is 0 Å². The lowest BCUT2D eigenvalue weighted by Crippen LogP contribution is -2.13. The first-order chi connectivity index (χ1) is 12.3. The van der Waals surface area contributed by atoms with Crippen LogP contribution in [0, 0.1) is 5.82 Å². The fourth-order valence-electron chi connectivity index (χ4n) is 2.30. The molecule has 134 valence electrons. The maximum absolute atomic E-state index is 13.1. The monoisotopic (exact) mass is 409 g/mol. The number of sulfonamides is 1. The Balaban J connectivity index is 2.00. The smallest absolute Gasteiger partial charge is 0.261 e. The minimum absolute atomic E-state index is 0.0333. The number of benzene rings is 2. The van der Waals surface area contributed by atoms with E-state index < -0.39 is 10.0 Å². The van der Waals surface area contributed by atoms with Crippen molar-refractivity contribution in [3.63, 3.8) is 0 Å². The van der Waals surface area contributed by atoms with E-state index >= 15 is 0 Å². The SMILES string of the molecule is CC(=O)c1sc(-c2ccc(F)cc2)cc1NS(=O)(=O)c1ccc(Cl)cc1. The topological polar surface area (TPSA) is 63.2 Å². The van der Waals surface area contributed by atoms with Crippen LogP contribution in [-0.4, -0.2) is 14.2 Å². The average Bonchev–Trinajstić information content (AvgIpc) is 2.99. The van der Waals surface area contributed by atoms with Crippen LogP contribution in [0.25, 0.3) is 10.4 Å². The minimum atomic E-state index is -3.88. The highest BCUT2D eigenvalue weighted by atomic mass is 35.5. The summed E-state index contributed by atoms with van der Waals surface area (Å²) in [5.41, 5.74) is 0.882. The molecule has 0 bridgehead atoms. The molecule has 4 nitrogen and oxygen atoms in total. The summed E-state index contributed by atoms with van der Waals surface area (Å²) in [4.78, 5) is 12.9. The van der Waals surface area contributed by atoms with E-state index in [1.807, 2.05) is 0 Å². The summed E-state index contributed by atoms with van der Waals surface area (Å²) >= 11 is 6.93. The lowest BCUT2D eigenvalue weighted by molar-refractivity contribution is 0.102. The van der Waals surface area contributed by atoms with Crippen LogP contribution in [0.4, 0.5) is 10.1 Å². The molecular weight excluding hydrogens is 397 g/mol. The van der Waals surface area contributed by atoms with Crippen molar-refractivity contribution < 1.29 is 17.6 Å². The van der Waals surface area contributed by atoms with Gasteiger partial charge in [-0.05, 0) is 48.0 Å². The van der Waals surface area contributed by atoms with Gasteiger partial charge >= 0.3 is 0 Å². The van der Waals surface area contributed by atoms with Crippen LogP contribution in [0.2, 0.25) is 5.02 Å². The molecule has 8 heteroatoms. The molecule has 1 aromatic heterocycles. The number of carbonyl (C=O) groups is 1. The van der Waals surface area contributed by atoms with E-state index in [-0.39, 0.29) is 27.1 Å². The van der Waals surface area contributed by atoms with Gasteiger partial charge in [0.05, 0.1) is 15.5 Å². The van der Waals surface area contributed by atoms with Gasteiger partial charge in [0.15, 0.2) is 5.78 Å². The minimum Gasteiger partial charge on any atom is -0.294 e. The first kappa shape index (κ1) is 18.6. The van der Waals surface area contributed by atoms with Crippen molar-refractivity contribution in [2.24, 2.45) is 0 Å². The van der Waals surface area contributed by atoms with E-state index in [9.17, 15) is 17.6 Å². The van der Waals surface area contributed by atoms with Crippen LogP contribution in [-0.2, 0) is 10.0 Å². The summed E-state index contributed by atoms with van der Waals surface area (Å²) in [6.07, 6.45) is 0. The third kappa shape index (κ3) is 3.95. The van der Waals surface area contributed by atoms with E-state index in [0.29, 0.717) is 15.5 Å². The van der Waals surface area contributed by atoms with Crippen molar-refractivity contribution in [1.29, 1.82) is 0 Å². The number of Topliss-reactive ketones (excluding diaryl/α,β-unsaturated/α-hetero) is 1. The van der Waals surface area contributed by atoms with E-state index in [2.05, 4.69) is 4.72 Å². The number of hydrogen-bond acceptors (Lipinski definition) is 4. The van der Waals surface area contributed by atoms with Crippen LogP contribution in [0.3, 0.4) is 0 Å². The fourth-order valence-corrected chi connectivity index (χ4v) is 4.57. The standard InChI is InChI=1S/C18H13ClFNO3S2/c1-11(22)18-16(10-17(25-18)12-2-6-14(20)7-3-12)21-26(23,24)15-8-4-13(19)5-9-15/h2-10,21H,1H3. The number of anilines is 1. The first-order valence-electron chi connectivity index (χ1n) is 7.45. The zero-order chi connectivity index (χ0) is 18.9. The Morgan fingerprint density at radius 3 is 2.27 bits per heavy atom. The molecule has 0 spiro atoms. The summed E-state index contributed by atoms with van der Waals surface area (Å²) in [6, 6.07) is 13.0. The molecule has 0 amide bonds. The van der Waals surface area contributed by atoms with Crippen molar-refractivity contribution in [2.45, 2.75) is 11.8 Å². The summed E-state index contributed by atoms with van der Waals surface area (Å²) in [5, 5.41) is 0.419. The van der Waals surface area contributed by atoms with E-state index in [1.54, 1.807) is 18.2 Å². The van der Waals surface area contributed by atoms with Crippen LogP contribution in [0.15, 0.2) is 59.5 Å². The van der Waals surface area contributed by atoms with E-state index in [1.165, 1.54) is 43.3 Å². The molecule has 0 fully saturated rings. The van der Waals surface area contributed by atoms with E-state index in [0.717, 1.165) is 11.3 Å². The number of hydrogen-bond donors (Lipinski definition) is 1. The molecule has 2 aromatic carbocycles. The Labute approximate surface area is 159 Å². The number of carbonyl (C=O) groups excluding carboxylic acids is 1. The Morgan fingerprint density at radius 1 is 1.08 bits per heavy atom. The van der Waals surface area contributed by atoms with Gasteiger partial charge in [-0.2, -0.15) is 0 Å². The third-order valence-corrected chi connectivity index (χ3v) is 6.47. The first-order valence-corrected chi connectivity index (χ1v) is 10.1. The van der Waals surface area contributed by atoms with Crippen LogP contribution < -0.4 is 4.72 Å². The third-order valence-electron chi connectivity index (χ3n) is 3.55. The molecule has 0 atom stereocenters. The molecule has 3 aromatic rings. The molecule has 0 aliphatic carbocycles. The second kappa shape index (κ2) is 7.19. The molecule has 0 saturated heterocycles. The van der Waals surface area contributed by atoms with Crippen LogP contribution >= 0.6 is 22.9 Å². The van der Waals surface area contributed by atoms with Gasteiger partial charge in [-0.15, -0.1) is 11.3 Å². The molecule has 3 rings (SSSR count). The molecule has 0 saturated carbocycles. The second-order valence-electron chi connectivity index (χ2n) is 5.48. The van der Waals surface area contributed by atoms with Crippen molar-refractivity contribution in [3.05, 3.63) is 70.3 Å². The molecule has 0 aliphatic rings. The highest BCUT2D eigenvalue weighted by Crippen LogP contribution is 2.36. The molecule has 0 aliphatic heterocycles. The zero-order valence-corrected chi connectivity index (χ0v) is 15.9. The number of thiophene rings is 1. The highest BCUT2D eigenvalue weighted by Gasteiger charge is 2.20. The van der Waals surface area contributed by atoms with Gasteiger partial charge in [-0.1, -0.05) is 23.7 Å². The van der Waals surface area contributed by atoms with Gasteiger partial charge < -0.3 is 0 Å². The maximum atomic E-state index is 13.1. The maximum Gasteiger partial charge on any atom is 0.261 e. The van der Waals surface area contributed by atoms with Gasteiger partial charge in [-0.3, -0.25) is 9.52 Å². The molecule has 1 N–H and O–H groups in total. The highest BCUT2D eigenvalue weighted by molar-refractivity contribution is 7.92. The van der Waals surface area contributed by atoms with Crippen molar-refractivity contribution >= 4 is 44.4 Å². The summed E-state index contributed by atoms with van der Waals surface area (Å²) < 4.78 is 40.7. The lowest BCUT2D eigenvalue weighted by Gasteiger charge is -2.07. The van der Waals surface area contributed by atoms with Gasteiger partial charge in [0, 0.05) is 16.8 Å². The van der Waals surface area contributed by atoms with Gasteiger partial charge in [0.25, 0.3) is 10.0 Å². The predicted octanol–water partition coefficient (Wildman–Crippen LogP) is 5.21. The largest absolute Gasteiger partial charge is 0.294 e. The Bertz CT molecular complexity index is 1060. The van der Waals surface area contributed by atoms with Crippen molar-refractivity contribution in [2.75, 3.05) is 4.72 Å². The summed E-state index contributed by atoms with van der Waals surface area (Å²) in [7, 11) is -3.88. The molecule has 0 unspecified atom stereocenters. The van der Waals surface area contributed by atoms with Crippen molar-refractivity contribution in [3.8, 4) is 10.4 Å². The Morgan fingerprint density at radius 2 is 1.69 bits per heavy atom. The van der Waals surface area contributed by atoms with Crippen molar-refractivity contribution in [1.82, 2.24) is 0 Å². The van der Waals surface area contributed by atoms with Gasteiger partial charge in [0.2, 0.25) is 0 Å². The number of halogens is 2. The second-order valence-corrected chi connectivity index (χ2v) is 8.65. The number of ketones is 1. The normalized spacial score (nSPS) is 11.3. The molecule has 26 heavy (non-hydrogen) atoms. The van der Waals surface area contributed by atoms with Gasteiger partial charge in [0.1, 0.15) is 5.82 Å². The molecule has 1 heterocycles. The Kier molecular flexibility index (Phi) is 5.13. The average molecular weight is 410 g/mol. The number of rotatable bonds is 5. The quantitative estimate of drug-likeness (QED) is 0.588. The summed E-state index contributed by atoms with van der Waals surface area (Å²) in [5.74, 6) is -0.641. The Hall–Kier alpha value is -2.22. The number of nitrogens with one attached hydrogen (secondary N) is 1. The predicted molar refractivity (Wildman–Crippen MR) is 102 cm³/mol. The fraction of sp³-hybridized carbons (Fsp3) is 0.0556. The zero-order valence-electron chi connectivity index (χ0n) is 13.5. The summed E-state index contributed by atoms with van der Waals surface area (Å²) in [6.45, 7) is 1.36. The van der Waals surface area contributed by atoms with Crippen LogP contribution in [0.1, 0.15) is 16.6 Å². The lowest BCUT2D eigenvalue weighted by atomic mass is 10.2. The molecular formula is C18H13ClFNO3S2. The molecule has 0 radical (unpaired) electrons. The van der Waals surface area contributed by atoms with Gasteiger partial charge in [-0.25, -0.2) is 12.8 Å².